The summed E-state index contributed by atoms with van der Waals surface area (Å²) < 4.78 is 26.2. The van der Waals surface area contributed by atoms with Gasteiger partial charge in [-0.2, -0.15) is 0 Å². The number of carbonyl (C=O) groups is 1. The molecule has 0 aromatic carbocycles. The minimum absolute atomic E-state index is 0.0723. The summed E-state index contributed by atoms with van der Waals surface area (Å²) in [5, 5.41) is 4.30. The Labute approximate surface area is 295 Å². The van der Waals surface area contributed by atoms with Crippen molar-refractivity contribution in [3.05, 3.63) is 24.3 Å². The first-order chi connectivity index (χ1) is 21.7. The standard InChI is InChI=1S/C36H75NO6Si4/c1-15-17-21-24-32(40-44(3,4)5)27-28-34(41-45(6,7)8)33(25-22-19-20-23-26-36(38)43-47(12,13)14)35(42-46(9,10)11)29-30-37-39-31-18-16-2/h19,22,27-28,30,32-35H,15-18,20-21,23-26,29,31H2,1-14H3/b22-19-,28-27+,37-30-/t32-,33+,34?,35-/m0/s1. The van der Waals surface area contributed by atoms with E-state index in [9.17, 15) is 4.79 Å². The van der Waals surface area contributed by atoms with E-state index in [1.165, 1.54) is 12.8 Å². The van der Waals surface area contributed by atoms with E-state index in [2.05, 4.69) is 102 Å². The second-order valence-electron chi connectivity index (χ2n) is 16.7. The first-order valence-corrected chi connectivity index (χ1v) is 32.0. The van der Waals surface area contributed by atoms with Gasteiger partial charge in [-0.1, -0.05) is 69.0 Å². The Morgan fingerprint density at radius 1 is 0.681 bits per heavy atom. The van der Waals surface area contributed by atoms with Crippen molar-refractivity contribution >= 4 is 45.5 Å². The molecule has 7 nitrogen and oxygen atoms in total. The van der Waals surface area contributed by atoms with Gasteiger partial charge in [0.2, 0.25) is 8.32 Å². The Morgan fingerprint density at radius 2 is 1.30 bits per heavy atom. The monoisotopic (exact) mass is 729 g/mol. The Kier molecular flexibility index (Phi) is 23.1. The van der Waals surface area contributed by atoms with Gasteiger partial charge in [-0.3, -0.25) is 4.79 Å². The molecule has 0 fully saturated rings. The first kappa shape index (κ1) is 46.2. The molecular formula is C36H75NO6Si4. The molecule has 0 aliphatic rings. The minimum atomic E-state index is -1.94. The lowest BCUT2D eigenvalue weighted by Crippen LogP contribution is -2.44. The van der Waals surface area contributed by atoms with Crippen molar-refractivity contribution in [2.75, 3.05) is 6.61 Å². The molecule has 0 spiro atoms. The molecule has 4 atom stereocenters. The highest BCUT2D eigenvalue weighted by Crippen LogP contribution is 2.29. The van der Waals surface area contributed by atoms with Crippen LogP contribution in [-0.2, 0) is 27.3 Å². The maximum absolute atomic E-state index is 12.2. The molecule has 0 saturated carbocycles. The van der Waals surface area contributed by atoms with Crippen LogP contribution < -0.4 is 0 Å². The fourth-order valence-electron chi connectivity index (χ4n) is 5.01. The lowest BCUT2D eigenvalue weighted by atomic mass is 9.89. The van der Waals surface area contributed by atoms with Gasteiger partial charge in [0.15, 0.2) is 25.0 Å². The molecule has 0 aliphatic heterocycles. The molecule has 0 N–H and O–H groups in total. The number of oxime groups is 1. The summed E-state index contributed by atoms with van der Waals surface area (Å²) in [5.74, 6) is -0.00896. The molecule has 0 bridgehead atoms. The molecule has 0 heterocycles. The number of rotatable bonds is 27. The zero-order chi connectivity index (χ0) is 36.2. The maximum Gasteiger partial charge on any atom is 0.292 e. The molecule has 1 unspecified atom stereocenters. The molecule has 0 amide bonds. The van der Waals surface area contributed by atoms with Crippen molar-refractivity contribution in [2.24, 2.45) is 11.1 Å². The summed E-state index contributed by atoms with van der Waals surface area (Å²) in [6, 6.07) is 0. The van der Waals surface area contributed by atoms with Crippen LogP contribution in [0.4, 0.5) is 0 Å². The highest BCUT2D eigenvalue weighted by atomic mass is 28.4. The average Bonchev–Trinajstić information content (AvgIpc) is 2.89. The van der Waals surface area contributed by atoms with Crippen LogP contribution in [0.25, 0.3) is 0 Å². The summed E-state index contributed by atoms with van der Waals surface area (Å²) in [4.78, 5) is 17.8. The molecule has 0 rings (SSSR count). The van der Waals surface area contributed by atoms with E-state index in [1.807, 2.05) is 25.9 Å². The summed E-state index contributed by atoms with van der Waals surface area (Å²) in [7, 11) is -7.46. The predicted molar refractivity (Wildman–Crippen MR) is 212 cm³/mol. The van der Waals surface area contributed by atoms with Gasteiger partial charge in [0.05, 0.1) is 18.3 Å². The SMILES string of the molecule is CCCCC[C@@H](/C=C/C(O[Si](C)(C)C)[C@@H](C/C=C\CCCC(=O)O[Si](C)(C)C)[C@H](C/C=N\OCCCC)O[Si](C)(C)C)O[Si](C)(C)C. The van der Waals surface area contributed by atoms with E-state index in [0.29, 0.717) is 19.4 Å². The smallest absolute Gasteiger partial charge is 0.292 e. The van der Waals surface area contributed by atoms with Crippen molar-refractivity contribution in [3.8, 4) is 0 Å². The number of allylic oxidation sites excluding steroid dienone is 2. The van der Waals surface area contributed by atoms with E-state index >= 15 is 0 Å². The fraction of sp³-hybridized carbons (Fsp3) is 0.833. The summed E-state index contributed by atoms with van der Waals surface area (Å²) >= 11 is 0. The summed E-state index contributed by atoms with van der Waals surface area (Å²) in [6.45, 7) is 31.5. The second kappa shape index (κ2) is 23.5. The number of nitrogens with zero attached hydrogens (tertiary/aromatic N) is 1. The Hall–Kier alpha value is -0.832. The lowest BCUT2D eigenvalue weighted by molar-refractivity contribution is -0.135. The van der Waals surface area contributed by atoms with E-state index in [-0.39, 0.29) is 30.2 Å². The largest absolute Gasteiger partial charge is 0.520 e. The fourth-order valence-corrected chi connectivity index (χ4v) is 9.15. The molecule has 47 heavy (non-hydrogen) atoms. The molecule has 0 aromatic heterocycles. The van der Waals surface area contributed by atoms with E-state index in [0.717, 1.165) is 44.9 Å². The Balaban J connectivity index is 6.40. The number of hydrogen-bond acceptors (Lipinski definition) is 7. The second-order valence-corrected chi connectivity index (χ2v) is 34.5. The molecule has 0 saturated heterocycles. The quantitative estimate of drug-likeness (QED) is 0.0275. The van der Waals surface area contributed by atoms with E-state index in [1.54, 1.807) is 0 Å². The highest BCUT2D eigenvalue weighted by Gasteiger charge is 2.35. The summed E-state index contributed by atoms with van der Waals surface area (Å²) in [5.41, 5.74) is 0. The van der Waals surface area contributed by atoms with Crippen LogP contribution in [-0.4, -0.2) is 70.4 Å². The van der Waals surface area contributed by atoms with Crippen LogP contribution in [0.2, 0.25) is 78.6 Å². The molecular weight excluding hydrogens is 655 g/mol. The highest BCUT2D eigenvalue weighted by molar-refractivity contribution is 6.71. The van der Waals surface area contributed by atoms with Crippen LogP contribution in [0.3, 0.4) is 0 Å². The predicted octanol–water partition coefficient (Wildman–Crippen LogP) is 11.1. The van der Waals surface area contributed by atoms with Gasteiger partial charge in [-0.25, -0.2) is 0 Å². The zero-order valence-corrected chi connectivity index (χ0v) is 37.1. The van der Waals surface area contributed by atoms with Crippen molar-refractivity contribution in [2.45, 2.75) is 181 Å². The third-order valence-electron chi connectivity index (χ3n) is 6.83. The number of carbonyl (C=O) groups excluding carboxylic acids is 1. The first-order valence-electron chi connectivity index (χ1n) is 18.4. The van der Waals surface area contributed by atoms with Crippen molar-refractivity contribution in [1.82, 2.24) is 0 Å². The summed E-state index contributed by atoms with van der Waals surface area (Å²) in [6.07, 6.45) is 21.0. The van der Waals surface area contributed by atoms with E-state index < -0.39 is 33.3 Å². The molecule has 0 aromatic rings. The minimum Gasteiger partial charge on any atom is -0.520 e. The number of hydrogen-bond donors (Lipinski definition) is 0. The topological polar surface area (TPSA) is 75.6 Å². The van der Waals surface area contributed by atoms with Gasteiger partial charge in [0, 0.05) is 25.0 Å². The van der Waals surface area contributed by atoms with Gasteiger partial charge < -0.3 is 22.5 Å². The van der Waals surface area contributed by atoms with Crippen LogP contribution in [0.5, 0.6) is 0 Å². The van der Waals surface area contributed by atoms with E-state index in [4.69, 9.17) is 22.5 Å². The van der Waals surface area contributed by atoms with Crippen LogP contribution in [0.15, 0.2) is 29.5 Å². The van der Waals surface area contributed by atoms with Gasteiger partial charge in [0.25, 0.3) is 5.97 Å². The van der Waals surface area contributed by atoms with Gasteiger partial charge in [-0.15, -0.1) is 0 Å². The van der Waals surface area contributed by atoms with Crippen molar-refractivity contribution in [1.29, 1.82) is 0 Å². The third-order valence-corrected chi connectivity index (χ3v) is 10.7. The zero-order valence-electron chi connectivity index (χ0n) is 33.1. The normalized spacial score (nSPS) is 16.2. The number of unbranched alkanes of at least 4 members (excludes halogenated alkanes) is 4. The van der Waals surface area contributed by atoms with Crippen LogP contribution in [0.1, 0.15) is 84.5 Å². The Bertz CT molecular complexity index is 916. The molecule has 0 aliphatic carbocycles. The van der Waals surface area contributed by atoms with Crippen LogP contribution >= 0.6 is 0 Å². The van der Waals surface area contributed by atoms with Gasteiger partial charge in [0.1, 0.15) is 6.61 Å². The Morgan fingerprint density at radius 3 is 1.85 bits per heavy atom. The third kappa shape index (κ3) is 28.7. The van der Waals surface area contributed by atoms with Crippen molar-refractivity contribution in [3.63, 3.8) is 0 Å². The maximum atomic E-state index is 12.2. The van der Waals surface area contributed by atoms with Gasteiger partial charge >= 0.3 is 0 Å². The lowest BCUT2D eigenvalue weighted by Gasteiger charge is -2.38. The molecule has 276 valence electrons. The average molecular weight is 730 g/mol. The molecule has 0 radical (unpaired) electrons. The molecule has 11 heteroatoms. The van der Waals surface area contributed by atoms with Gasteiger partial charge in [-0.05, 0) is 111 Å². The van der Waals surface area contributed by atoms with Crippen molar-refractivity contribution < 1.29 is 27.3 Å². The van der Waals surface area contributed by atoms with Crippen LogP contribution in [0, 0.1) is 5.92 Å².